The smallest absolute Gasteiger partial charge is 0.243 e. The van der Waals surface area contributed by atoms with Crippen molar-refractivity contribution in [2.45, 2.75) is 63.1 Å². The molecule has 5 heteroatoms. The summed E-state index contributed by atoms with van der Waals surface area (Å²) in [5, 5.41) is 0. The van der Waals surface area contributed by atoms with Gasteiger partial charge in [-0.15, -0.1) is 0 Å². The van der Waals surface area contributed by atoms with Crippen molar-refractivity contribution in [1.29, 1.82) is 0 Å². The summed E-state index contributed by atoms with van der Waals surface area (Å²) in [7, 11) is -3.44. The minimum Gasteiger partial charge on any atom is -0.324 e. The molecule has 0 bridgehead atoms. The molecule has 1 heterocycles. The zero-order valence-electron chi connectivity index (χ0n) is 12.4. The fourth-order valence-corrected chi connectivity index (χ4v) is 4.89. The third-order valence-electron chi connectivity index (χ3n) is 4.07. The molecule has 0 spiro atoms. The predicted molar refractivity (Wildman–Crippen MR) is 80.8 cm³/mol. The second-order valence-electron chi connectivity index (χ2n) is 5.83. The molecule has 2 rings (SSSR count). The van der Waals surface area contributed by atoms with Crippen LogP contribution in [-0.4, -0.2) is 24.8 Å². The Labute approximate surface area is 122 Å². The number of hydrogen-bond acceptors (Lipinski definition) is 3. The van der Waals surface area contributed by atoms with Gasteiger partial charge in [0.05, 0.1) is 4.90 Å². The van der Waals surface area contributed by atoms with E-state index in [4.69, 9.17) is 5.73 Å². The maximum Gasteiger partial charge on any atom is 0.243 e. The van der Waals surface area contributed by atoms with Crippen molar-refractivity contribution in [3.8, 4) is 0 Å². The third kappa shape index (κ3) is 2.90. The Balaban J connectivity index is 2.41. The van der Waals surface area contributed by atoms with Gasteiger partial charge in [-0.1, -0.05) is 18.6 Å². The van der Waals surface area contributed by atoms with Gasteiger partial charge in [0.1, 0.15) is 0 Å². The van der Waals surface area contributed by atoms with E-state index in [2.05, 4.69) is 0 Å². The highest BCUT2D eigenvalue weighted by Crippen LogP contribution is 2.30. The first-order valence-corrected chi connectivity index (χ1v) is 8.67. The first-order chi connectivity index (χ1) is 9.34. The van der Waals surface area contributed by atoms with Gasteiger partial charge >= 0.3 is 0 Å². The fourth-order valence-electron chi connectivity index (χ4n) is 2.95. The Hall–Kier alpha value is -0.910. The fraction of sp³-hybridized carbons (Fsp3) is 0.600. The van der Waals surface area contributed by atoms with Gasteiger partial charge < -0.3 is 5.73 Å². The van der Waals surface area contributed by atoms with Crippen LogP contribution in [-0.2, 0) is 10.0 Å². The third-order valence-corrected chi connectivity index (χ3v) is 6.20. The molecule has 20 heavy (non-hydrogen) atoms. The largest absolute Gasteiger partial charge is 0.324 e. The second kappa shape index (κ2) is 5.84. The van der Waals surface area contributed by atoms with Gasteiger partial charge in [0, 0.05) is 18.1 Å². The molecular formula is C15H24N2O2S. The number of hydrogen-bond donors (Lipinski definition) is 1. The average Bonchev–Trinajstić information content (AvgIpc) is 2.38. The van der Waals surface area contributed by atoms with Crippen LogP contribution < -0.4 is 5.73 Å². The van der Waals surface area contributed by atoms with Crippen LogP contribution in [0, 0.1) is 0 Å². The molecule has 4 nitrogen and oxygen atoms in total. The molecule has 0 radical (unpaired) electrons. The second-order valence-corrected chi connectivity index (χ2v) is 7.67. The van der Waals surface area contributed by atoms with E-state index in [1.807, 2.05) is 26.8 Å². The van der Waals surface area contributed by atoms with Crippen LogP contribution in [0.3, 0.4) is 0 Å². The molecule has 1 fully saturated rings. The minimum absolute atomic E-state index is 0.0581. The molecule has 1 aromatic rings. The molecule has 3 atom stereocenters. The van der Waals surface area contributed by atoms with E-state index in [0.717, 1.165) is 24.8 Å². The normalized spacial score (nSPS) is 26.4. The molecule has 1 aliphatic heterocycles. The van der Waals surface area contributed by atoms with Crippen LogP contribution in [0.15, 0.2) is 29.2 Å². The standard InChI is InChI=1S/C15H24N2O2S/c1-11-6-4-7-12(2)17(11)20(18,19)15-9-5-8-14(10-15)13(3)16/h5,8-13H,4,6-7,16H2,1-3H3/t11-,12+,13?. The van der Waals surface area contributed by atoms with E-state index in [-0.39, 0.29) is 18.1 Å². The van der Waals surface area contributed by atoms with Crippen LogP contribution in [0.2, 0.25) is 0 Å². The van der Waals surface area contributed by atoms with Crippen molar-refractivity contribution in [1.82, 2.24) is 4.31 Å². The summed E-state index contributed by atoms with van der Waals surface area (Å²) in [5.41, 5.74) is 6.70. The number of nitrogens with zero attached hydrogens (tertiary/aromatic N) is 1. The molecule has 1 aliphatic rings. The number of sulfonamides is 1. The van der Waals surface area contributed by atoms with Crippen LogP contribution in [0.25, 0.3) is 0 Å². The molecular weight excluding hydrogens is 272 g/mol. The van der Waals surface area contributed by atoms with E-state index in [0.29, 0.717) is 4.90 Å². The van der Waals surface area contributed by atoms with Crippen LogP contribution >= 0.6 is 0 Å². The molecule has 0 saturated carbocycles. The summed E-state index contributed by atoms with van der Waals surface area (Å²) in [5.74, 6) is 0. The average molecular weight is 296 g/mol. The summed E-state index contributed by atoms with van der Waals surface area (Å²) < 4.78 is 27.4. The maximum absolute atomic E-state index is 12.9. The van der Waals surface area contributed by atoms with Gasteiger partial charge in [-0.2, -0.15) is 4.31 Å². The predicted octanol–water partition coefficient (Wildman–Crippen LogP) is 2.66. The van der Waals surface area contributed by atoms with Crippen molar-refractivity contribution in [3.05, 3.63) is 29.8 Å². The van der Waals surface area contributed by atoms with E-state index >= 15 is 0 Å². The molecule has 112 valence electrons. The molecule has 1 saturated heterocycles. The highest BCUT2D eigenvalue weighted by Gasteiger charge is 2.35. The number of rotatable bonds is 3. The Morgan fingerprint density at radius 2 is 1.85 bits per heavy atom. The number of piperidine rings is 1. The van der Waals surface area contributed by atoms with Gasteiger partial charge in [0.25, 0.3) is 0 Å². The van der Waals surface area contributed by atoms with Crippen LogP contribution in [0.4, 0.5) is 0 Å². The zero-order valence-corrected chi connectivity index (χ0v) is 13.2. The quantitative estimate of drug-likeness (QED) is 0.932. The van der Waals surface area contributed by atoms with Gasteiger partial charge in [-0.05, 0) is 51.3 Å². The lowest BCUT2D eigenvalue weighted by molar-refractivity contribution is 0.204. The highest BCUT2D eigenvalue weighted by atomic mass is 32.2. The molecule has 1 aromatic carbocycles. The summed E-state index contributed by atoms with van der Waals surface area (Å²) in [6, 6.07) is 6.95. The van der Waals surface area contributed by atoms with Crippen molar-refractivity contribution < 1.29 is 8.42 Å². The maximum atomic E-state index is 12.9. The van der Waals surface area contributed by atoms with E-state index in [1.54, 1.807) is 22.5 Å². The lowest BCUT2D eigenvalue weighted by atomic mass is 10.0. The number of benzene rings is 1. The molecule has 0 aromatic heterocycles. The summed E-state index contributed by atoms with van der Waals surface area (Å²) >= 11 is 0. The van der Waals surface area contributed by atoms with Crippen molar-refractivity contribution in [2.24, 2.45) is 5.73 Å². The summed E-state index contributed by atoms with van der Waals surface area (Å²) in [6.07, 6.45) is 2.95. The summed E-state index contributed by atoms with van der Waals surface area (Å²) in [6.45, 7) is 5.84. The van der Waals surface area contributed by atoms with Gasteiger partial charge in [0.2, 0.25) is 10.0 Å². The Morgan fingerprint density at radius 1 is 1.25 bits per heavy atom. The lowest BCUT2D eigenvalue weighted by Gasteiger charge is -2.37. The Bertz CT molecular complexity index is 559. The van der Waals surface area contributed by atoms with Crippen molar-refractivity contribution >= 4 is 10.0 Å². The number of nitrogens with two attached hydrogens (primary N) is 1. The summed E-state index contributed by atoms with van der Waals surface area (Å²) in [4.78, 5) is 0.355. The topological polar surface area (TPSA) is 63.4 Å². The minimum atomic E-state index is -3.44. The van der Waals surface area contributed by atoms with Crippen molar-refractivity contribution in [3.63, 3.8) is 0 Å². The van der Waals surface area contributed by atoms with E-state index in [9.17, 15) is 8.42 Å². The highest BCUT2D eigenvalue weighted by molar-refractivity contribution is 7.89. The van der Waals surface area contributed by atoms with E-state index < -0.39 is 10.0 Å². The first-order valence-electron chi connectivity index (χ1n) is 7.23. The lowest BCUT2D eigenvalue weighted by Crippen LogP contribution is -2.47. The Kier molecular flexibility index (Phi) is 4.52. The zero-order chi connectivity index (χ0) is 14.9. The van der Waals surface area contributed by atoms with Crippen LogP contribution in [0.5, 0.6) is 0 Å². The SMILES string of the molecule is CC(N)c1cccc(S(=O)(=O)N2[C@H](C)CCC[C@@H]2C)c1. The first kappa shape index (κ1) is 15.5. The van der Waals surface area contributed by atoms with E-state index in [1.165, 1.54) is 0 Å². The van der Waals surface area contributed by atoms with Gasteiger partial charge in [-0.3, -0.25) is 0 Å². The van der Waals surface area contributed by atoms with Crippen LogP contribution in [0.1, 0.15) is 51.6 Å². The Morgan fingerprint density at radius 3 is 2.40 bits per heavy atom. The van der Waals surface area contributed by atoms with Gasteiger partial charge in [0.15, 0.2) is 0 Å². The monoisotopic (exact) mass is 296 g/mol. The van der Waals surface area contributed by atoms with Gasteiger partial charge in [-0.25, -0.2) is 8.42 Å². The molecule has 2 N–H and O–H groups in total. The molecule has 0 aliphatic carbocycles. The molecule has 1 unspecified atom stereocenters. The molecule has 0 amide bonds. The van der Waals surface area contributed by atoms with Crippen molar-refractivity contribution in [2.75, 3.05) is 0 Å².